The SMILES string of the molecule is c1ccc(-c2nccn2CC2CCN(Cc3ccccn3)CC2)cc1. The predicted molar refractivity (Wildman–Crippen MR) is 99.9 cm³/mol. The van der Waals surface area contributed by atoms with Crippen molar-refractivity contribution in [1.82, 2.24) is 19.4 Å². The Bertz CT molecular complexity index is 774. The summed E-state index contributed by atoms with van der Waals surface area (Å²) in [6.45, 7) is 4.32. The normalized spacial score (nSPS) is 16.2. The maximum Gasteiger partial charge on any atom is 0.139 e. The molecule has 2 aromatic heterocycles. The molecule has 128 valence electrons. The summed E-state index contributed by atoms with van der Waals surface area (Å²) in [6.07, 6.45) is 8.38. The van der Waals surface area contributed by atoms with Crippen molar-refractivity contribution < 1.29 is 0 Å². The van der Waals surface area contributed by atoms with E-state index in [2.05, 4.69) is 62.0 Å². The Morgan fingerprint density at radius 2 is 1.68 bits per heavy atom. The van der Waals surface area contributed by atoms with Gasteiger partial charge in [-0.3, -0.25) is 9.88 Å². The highest BCUT2D eigenvalue weighted by Crippen LogP contribution is 2.23. The Balaban J connectivity index is 1.34. The van der Waals surface area contributed by atoms with Crippen LogP contribution in [0.2, 0.25) is 0 Å². The maximum atomic E-state index is 4.57. The average Bonchev–Trinajstić information content (AvgIpc) is 3.13. The topological polar surface area (TPSA) is 34.0 Å². The summed E-state index contributed by atoms with van der Waals surface area (Å²) < 4.78 is 2.31. The highest BCUT2D eigenvalue weighted by atomic mass is 15.1. The lowest BCUT2D eigenvalue weighted by Gasteiger charge is -2.32. The number of piperidine rings is 1. The Hall–Kier alpha value is -2.46. The molecule has 0 bridgehead atoms. The van der Waals surface area contributed by atoms with Crippen LogP contribution < -0.4 is 0 Å². The molecule has 0 saturated carbocycles. The lowest BCUT2D eigenvalue weighted by atomic mass is 9.96. The zero-order valence-electron chi connectivity index (χ0n) is 14.5. The second-order valence-electron chi connectivity index (χ2n) is 6.81. The van der Waals surface area contributed by atoms with E-state index < -0.39 is 0 Å². The molecular weight excluding hydrogens is 308 g/mol. The molecule has 0 spiro atoms. The second kappa shape index (κ2) is 7.62. The van der Waals surface area contributed by atoms with Crippen molar-refractivity contribution in [3.63, 3.8) is 0 Å². The lowest BCUT2D eigenvalue weighted by Crippen LogP contribution is -2.34. The van der Waals surface area contributed by atoms with Gasteiger partial charge in [0.15, 0.2) is 0 Å². The van der Waals surface area contributed by atoms with Gasteiger partial charge < -0.3 is 4.57 Å². The van der Waals surface area contributed by atoms with Crippen LogP contribution in [0.4, 0.5) is 0 Å². The van der Waals surface area contributed by atoms with E-state index in [0.717, 1.165) is 37.9 Å². The monoisotopic (exact) mass is 332 g/mol. The van der Waals surface area contributed by atoms with Crippen molar-refractivity contribution in [3.05, 3.63) is 72.8 Å². The first-order valence-electron chi connectivity index (χ1n) is 9.07. The molecule has 0 aliphatic carbocycles. The molecule has 1 aromatic carbocycles. The lowest BCUT2D eigenvalue weighted by molar-refractivity contribution is 0.166. The number of nitrogens with zero attached hydrogens (tertiary/aromatic N) is 4. The third-order valence-electron chi connectivity index (χ3n) is 5.02. The van der Waals surface area contributed by atoms with Crippen molar-refractivity contribution in [2.45, 2.75) is 25.9 Å². The fourth-order valence-corrected chi connectivity index (χ4v) is 3.63. The third-order valence-corrected chi connectivity index (χ3v) is 5.02. The van der Waals surface area contributed by atoms with E-state index in [0.29, 0.717) is 0 Å². The summed E-state index contributed by atoms with van der Waals surface area (Å²) in [5.74, 6) is 1.80. The largest absolute Gasteiger partial charge is 0.331 e. The number of benzene rings is 1. The molecule has 25 heavy (non-hydrogen) atoms. The second-order valence-corrected chi connectivity index (χ2v) is 6.81. The zero-order valence-corrected chi connectivity index (χ0v) is 14.5. The van der Waals surface area contributed by atoms with Crippen LogP contribution in [0, 0.1) is 5.92 Å². The van der Waals surface area contributed by atoms with Crippen LogP contribution in [0.5, 0.6) is 0 Å². The van der Waals surface area contributed by atoms with Crippen LogP contribution in [-0.4, -0.2) is 32.5 Å². The zero-order chi connectivity index (χ0) is 16.9. The molecule has 1 fully saturated rings. The number of pyridine rings is 1. The molecule has 4 nitrogen and oxygen atoms in total. The predicted octanol–water partition coefficient (Wildman–Crippen LogP) is 3.86. The number of aromatic nitrogens is 3. The summed E-state index contributed by atoms with van der Waals surface area (Å²) in [6, 6.07) is 16.6. The Kier molecular flexibility index (Phi) is 4.89. The van der Waals surface area contributed by atoms with Gasteiger partial charge >= 0.3 is 0 Å². The van der Waals surface area contributed by atoms with E-state index in [1.54, 1.807) is 0 Å². The van der Waals surface area contributed by atoms with Gasteiger partial charge in [-0.05, 0) is 44.0 Å². The van der Waals surface area contributed by atoms with Gasteiger partial charge in [-0.15, -0.1) is 0 Å². The number of likely N-dealkylation sites (tertiary alicyclic amines) is 1. The molecule has 1 aliphatic heterocycles. The maximum absolute atomic E-state index is 4.57. The van der Waals surface area contributed by atoms with Gasteiger partial charge in [0.1, 0.15) is 5.82 Å². The van der Waals surface area contributed by atoms with Gasteiger partial charge in [0.05, 0.1) is 5.69 Å². The Morgan fingerprint density at radius 3 is 2.44 bits per heavy atom. The summed E-state index contributed by atoms with van der Waals surface area (Å²) in [5.41, 5.74) is 2.36. The van der Waals surface area contributed by atoms with E-state index in [1.165, 1.54) is 24.1 Å². The molecule has 0 radical (unpaired) electrons. The highest BCUT2D eigenvalue weighted by molar-refractivity contribution is 5.55. The molecule has 0 N–H and O–H groups in total. The van der Waals surface area contributed by atoms with Crippen molar-refractivity contribution in [1.29, 1.82) is 0 Å². The average molecular weight is 332 g/mol. The summed E-state index contributed by atoms with van der Waals surface area (Å²) in [4.78, 5) is 11.5. The first-order valence-corrected chi connectivity index (χ1v) is 9.07. The smallest absolute Gasteiger partial charge is 0.139 e. The van der Waals surface area contributed by atoms with E-state index in [-0.39, 0.29) is 0 Å². The molecule has 0 amide bonds. The number of hydrogen-bond donors (Lipinski definition) is 0. The van der Waals surface area contributed by atoms with Crippen LogP contribution >= 0.6 is 0 Å². The van der Waals surface area contributed by atoms with E-state index in [1.807, 2.05) is 24.5 Å². The quantitative estimate of drug-likeness (QED) is 0.711. The first kappa shape index (κ1) is 16.0. The molecular formula is C21H24N4. The number of imidazole rings is 1. The van der Waals surface area contributed by atoms with Gasteiger partial charge in [0.25, 0.3) is 0 Å². The molecule has 1 saturated heterocycles. The Morgan fingerprint density at radius 1 is 0.880 bits per heavy atom. The molecule has 0 unspecified atom stereocenters. The molecule has 0 atom stereocenters. The van der Waals surface area contributed by atoms with Crippen LogP contribution in [0.1, 0.15) is 18.5 Å². The fourth-order valence-electron chi connectivity index (χ4n) is 3.63. The number of rotatable bonds is 5. The van der Waals surface area contributed by atoms with Crippen LogP contribution in [0.15, 0.2) is 67.1 Å². The van der Waals surface area contributed by atoms with Crippen molar-refractivity contribution >= 4 is 0 Å². The van der Waals surface area contributed by atoms with E-state index in [9.17, 15) is 0 Å². The standard InChI is InChI=1S/C21H24N4/c1-2-6-19(7-3-1)21-23-12-15-25(21)16-18-9-13-24(14-10-18)17-20-8-4-5-11-22-20/h1-8,11-12,15,18H,9-10,13-14,16-17H2. The van der Waals surface area contributed by atoms with E-state index >= 15 is 0 Å². The van der Waals surface area contributed by atoms with Crippen LogP contribution in [0.3, 0.4) is 0 Å². The highest BCUT2D eigenvalue weighted by Gasteiger charge is 2.20. The number of hydrogen-bond acceptors (Lipinski definition) is 3. The molecule has 3 aromatic rings. The summed E-state index contributed by atoms with van der Waals surface area (Å²) >= 11 is 0. The first-order chi connectivity index (χ1) is 12.4. The van der Waals surface area contributed by atoms with Gasteiger partial charge in [-0.25, -0.2) is 4.98 Å². The van der Waals surface area contributed by atoms with Crippen LogP contribution in [0.25, 0.3) is 11.4 Å². The van der Waals surface area contributed by atoms with Crippen molar-refractivity contribution in [2.75, 3.05) is 13.1 Å². The molecule has 4 rings (SSSR count). The summed E-state index contributed by atoms with van der Waals surface area (Å²) in [7, 11) is 0. The van der Waals surface area contributed by atoms with Gasteiger partial charge in [0.2, 0.25) is 0 Å². The van der Waals surface area contributed by atoms with Gasteiger partial charge in [-0.2, -0.15) is 0 Å². The fraction of sp³-hybridized carbons (Fsp3) is 0.333. The minimum atomic E-state index is 0.719. The summed E-state index contributed by atoms with van der Waals surface area (Å²) in [5, 5.41) is 0. The molecule has 3 heterocycles. The third kappa shape index (κ3) is 3.97. The van der Waals surface area contributed by atoms with Crippen molar-refractivity contribution in [3.8, 4) is 11.4 Å². The molecule has 4 heteroatoms. The molecule has 1 aliphatic rings. The van der Waals surface area contributed by atoms with Crippen LogP contribution in [-0.2, 0) is 13.1 Å². The van der Waals surface area contributed by atoms with Gasteiger partial charge in [-0.1, -0.05) is 36.4 Å². The van der Waals surface area contributed by atoms with E-state index in [4.69, 9.17) is 0 Å². The minimum absolute atomic E-state index is 0.719. The van der Waals surface area contributed by atoms with Crippen molar-refractivity contribution in [2.24, 2.45) is 5.92 Å². The van der Waals surface area contributed by atoms with Gasteiger partial charge in [0, 0.05) is 37.2 Å². The Labute approximate surface area is 149 Å². The minimum Gasteiger partial charge on any atom is -0.331 e.